The van der Waals surface area contributed by atoms with Crippen molar-refractivity contribution in [3.05, 3.63) is 71.8 Å². The Balaban J connectivity index is 1.48. The van der Waals surface area contributed by atoms with Crippen LogP contribution in [0.4, 0.5) is 5.69 Å². The minimum absolute atomic E-state index is 0.187. The quantitative estimate of drug-likeness (QED) is 0.330. The Morgan fingerprint density at radius 3 is 2.74 bits per heavy atom. The number of ether oxygens (including phenoxy) is 2. The highest BCUT2D eigenvalue weighted by molar-refractivity contribution is 7.80. The fourth-order valence-electron chi connectivity index (χ4n) is 3.32. The Kier molecular flexibility index (Phi) is 7.08. The first-order valence-corrected chi connectivity index (χ1v) is 11.3. The van der Waals surface area contributed by atoms with Crippen LogP contribution in [0, 0.1) is 6.92 Å². The van der Waals surface area contributed by atoms with Crippen LogP contribution in [0.3, 0.4) is 0 Å². The van der Waals surface area contributed by atoms with E-state index in [2.05, 4.69) is 15.6 Å². The second kappa shape index (κ2) is 10.4. The molecule has 0 fully saturated rings. The minimum Gasteiger partial charge on any atom is -0.497 e. The summed E-state index contributed by atoms with van der Waals surface area (Å²) in [5.41, 5.74) is 4.30. The SMILES string of the molecule is CCCOc1cccc(C(=O)NC(=S)Nc2cc(-c3nc4cc(OC)ccc4o3)ccc2C)c1. The molecule has 4 rings (SSSR count). The summed E-state index contributed by atoms with van der Waals surface area (Å²) >= 11 is 5.39. The zero-order chi connectivity index (χ0) is 24.1. The average molecular weight is 476 g/mol. The molecule has 0 bridgehead atoms. The van der Waals surface area contributed by atoms with E-state index in [1.165, 1.54) is 0 Å². The Bertz CT molecular complexity index is 1350. The summed E-state index contributed by atoms with van der Waals surface area (Å²) in [7, 11) is 1.61. The van der Waals surface area contributed by atoms with Gasteiger partial charge >= 0.3 is 0 Å². The standard InChI is InChI=1S/C26H25N3O4S/c1-4-12-32-20-7-5-6-17(13-20)24(30)29-26(34)28-21-14-18(9-8-16(21)2)25-27-22-15-19(31-3)10-11-23(22)33-25/h5-11,13-15H,4,12H2,1-3H3,(H2,28,29,30,34). The zero-order valence-corrected chi connectivity index (χ0v) is 20.0. The number of anilines is 1. The number of hydrogen-bond acceptors (Lipinski definition) is 6. The number of fused-ring (bicyclic) bond motifs is 1. The number of thiocarbonyl (C=S) groups is 1. The van der Waals surface area contributed by atoms with Gasteiger partial charge in [0.1, 0.15) is 17.0 Å². The molecule has 7 nitrogen and oxygen atoms in total. The monoisotopic (exact) mass is 475 g/mol. The number of aryl methyl sites for hydroxylation is 1. The van der Waals surface area contributed by atoms with Gasteiger partial charge in [0.05, 0.1) is 13.7 Å². The highest BCUT2D eigenvalue weighted by Crippen LogP contribution is 2.29. The van der Waals surface area contributed by atoms with Gasteiger partial charge in [0, 0.05) is 22.9 Å². The molecule has 2 N–H and O–H groups in total. The van der Waals surface area contributed by atoms with Crippen LogP contribution in [0.2, 0.25) is 0 Å². The van der Waals surface area contributed by atoms with Crippen molar-refractivity contribution >= 4 is 40.0 Å². The first kappa shape index (κ1) is 23.3. The summed E-state index contributed by atoms with van der Waals surface area (Å²) in [6.45, 7) is 4.56. The maximum atomic E-state index is 12.7. The lowest BCUT2D eigenvalue weighted by molar-refractivity contribution is 0.0977. The molecule has 0 aliphatic heterocycles. The van der Waals surface area contributed by atoms with E-state index in [1.807, 2.05) is 56.3 Å². The van der Waals surface area contributed by atoms with Crippen molar-refractivity contribution in [2.24, 2.45) is 0 Å². The van der Waals surface area contributed by atoms with E-state index >= 15 is 0 Å². The van der Waals surface area contributed by atoms with Gasteiger partial charge in [0.15, 0.2) is 10.7 Å². The molecule has 174 valence electrons. The second-order valence-electron chi connectivity index (χ2n) is 7.67. The lowest BCUT2D eigenvalue weighted by Crippen LogP contribution is -2.34. The van der Waals surface area contributed by atoms with E-state index in [9.17, 15) is 4.79 Å². The molecule has 0 unspecified atom stereocenters. The highest BCUT2D eigenvalue weighted by atomic mass is 32.1. The predicted molar refractivity (Wildman–Crippen MR) is 137 cm³/mol. The first-order valence-electron chi connectivity index (χ1n) is 10.9. The summed E-state index contributed by atoms with van der Waals surface area (Å²) in [6.07, 6.45) is 0.889. The molecule has 1 heterocycles. The van der Waals surface area contributed by atoms with Crippen molar-refractivity contribution < 1.29 is 18.7 Å². The Morgan fingerprint density at radius 1 is 1.09 bits per heavy atom. The van der Waals surface area contributed by atoms with Gasteiger partial charge in [-0.2, -0.15) is 0 Å². The highest BCUT2D eigenvalue weighted by Gasteiger charge is 2.13. The van der Waals surface area contributed by atoms with Crippen molar-refractivity contribution in [1.82, 2.24) is 10.3 Å². The molecule has 0 radical (unpaired) electrons. The van der Waals surface area contributed by atoms with Gasteiger partial charge in [0.2, 0.25) is 5.89 Å². The lowest BCUT2D eigenvalue weighted by atomic mass is 10.1. The van der Waals surface area contributed by atoms with E-state index in [0.29, 0.717) is 40.7 Å². The topological polar surface area (TPSA) is 85.6 Å². The summed E-state index contributed by atoms with van der Waals surface area (Å²) in [5.74, 6) is 1.52. The van der Waals surface area contributed by atoms with Crippen LogP contribution < -0.4 is 20.1 Å². The smallest absolute Gasteiger partial charge is 0.257 e. The maximum absolute atomic E-state index is 12.7. The van der Waals surface area contributed by atoms with Gasteiger partial charge in [0.25, 0.3) is 5.91 Å². The number of methoxy groups -OCH3 is 1. The normalized spacial score (nSPS) is 10.7. The van der Waals surface area contributed by atoms with Crippen LogP contribution in [0.25, 0.3) is 22.6 Å². The van der Waals surface area contributed by atoms with Crippen molar-refractivity contribution in [2.75, 3.05) is 19.0 Å². The number of oxazole rings is 1. The van der Waals surface area contributed by atoms with E-state index in [4.69, 9.17) is 26.1 Å². The third-order valence-electron chi connectivity index (χ3n) is 5.12. The number of nitrogens with zero attached hydrogens (tertiary/aromatic N) is 1. The average Bonchev–Trinajstić information content (AvgIpc) is 3.27. The summed E-state index contributed by atoms with van der Waals surface area (Å²) in [4.78, 5) is 17.2. The molecule has 3 aromatic carbocycles. The van der Waals surface area contributed by atoms with Crippen LogP contribution in [0.1, 0.15) is 29.3 Å². The van der Waals surface area contributed by atoms with Gasteiger partial charge in [-0.25, -0.2) is 4.98 Å². The van der Waals surface area contributed by atoms with E-state index in [0.717, 1.165) is 23.2 Å². The molecule has 34 heavy (non-hydrogen) atoms. The third-order valence-corrected chi connectivity index (χ3v) is 5.33. The summed E-state index contributed by atoms with van der Waals surface area (Å²) < 4.78 is 16.8. The first-order chi connectivity index (χ1) is 16.5. The zero-order valence-electron chi connectivity index (χ0n) is 19.2. The van der Waals surface area contributed by atoms with Crippen LogP contribution in [0.5, 0.6) is 11.5 Å². The largest absolute Gasteiger partial charge is 0.497 e. The maximum Gasteiger partial charge on any atom is 0.257 e. The van der Waals surface area contributed by atoms with E-state index in [-0.39, 0.29) is 11.0 Å². The Hall–Kier alpha value is -3.91. The van der Waals surface area contributed by atoms with Crippen molar-refractivity contribution in [3.8, 4) is 23.0 Å². The number of nitrogens with one attached hydrogen (secondary N) is 2. The summed E-state index contributed by atoms with van der Waals surface area (Å²) in [5, 5.41) is 6.01. The fraction of sp³-hybridized carbons (Fsp3) is 0.192. The van der Waals surface area contributed by atoms with Crippen molar-refractivity contribution in [2.45, 2.75) is 20.3 Å². The number of amides is 1. The number of aromatic nitrogens is 1. The predicted octanol–water partition coefficient (Wildman–Crippen LogP) is 5.73. The van der Waals surface area contributed by atoms with Crippen molar-refractivity contribution in [3.63, 3.8) is 0 Å². The molecule has 0 aliphatic carbocycles. The van der Waals surface area contributed by atoms with Crippen LogP contribution in [0.15, 0.2) is 65.1 Å². The second-order valence-corrected chi connectivity index (χ2v) is 8.08. The molecule has 0 saturated heterocycles. The van der Waals surface area contributed by atoms with Crippen LogP contribution >= 0.6 is 12.2 Å². The molecule has 0 spiro atoms. The van der Waals surface area contributed by atoms with Gasteiger partial charge in [-0.15, -0.1) is 0 Å². The van der Waals surface area contributed by atoms with Crippen LogP contribution in [-0.4, -0.2) is 29.7 Å². The molecule has 1 amide bonds. The third kappa shape index (κ3) is 5.35. The number of hydrogen-bond donors (Lipinski definition) is 2. The minimum atomic E-state index is -0.318. The Labute approximate surface area is 203 Å². The molecule has 1 aromatic heterocycles. The van der Waals surface area contributed by atoms with Crippen molar-refractivity contribution in [1.29, 1.82) is 0 Å². The number of benzene rings is 3. The van der Waals surface area contributed by atoms with E-state index < -0.39 is 0 Å². The molecule has 0 saturated carbocycles. The fourth-order valence-corrected chi connectivity index (χ4v) is 3.53. The van der Waals surface area contributed by atoms with Gasteiger partial charge in [-0.1, -0.05) is 19.1 Å². The lowest BCUT2D eigenvalue weighted by Gasteiger charge is -2.13. The Morgan fingerprint density at radius 2 is 1.94 bits per heavy atom. The number of carbonyl (C=O) groups is 1. The summed E-state index contributed by atoms with van der Waals surface area (Å²) in [6, 6.07) is 18.2. The molecule has 0 aliphatic rings. The number of carbonyl (C=O) groups excluding carboxylic acids is 1. The van der Waals surface area contributed by atoms with Crippen LogP contribution in [-0.2, 0) is 0 Å². The molecular weight excluding hydrogens is 450 g/mol. The molecule has 4 aromatic rings. The van der Waals surface area contributed by atoms with Gasteiger partial charge < -0.3 is 19.2 Å². The van der Waals surface area contributed by atoms with Gasteiger partial charge in [-0.3, -0.25) is 10.1 Å². The van der Waals surface area contributed by atoms with Gasteiger partial charge in [-0.05, 0) is 73.6 Å². The molecule has 0 atom stereocenters. The number of rotatable bonds is 7. The van der Waals surface area contributed by atoms with E-state index in [1.54, 1.807) is 25.3 Å². The molecular formula is C26H25N3O4S. The molecule has 8 heteroatoms.